The minimum atomic E-state index is -1.15. The van der Waals surface area contributed by atoms with Gasteiger partial charge in [-0.25, -0.2) is 4.79 Å². The maximum absolute atomic E-state index is 11.2. The van der Waals surface area contributed by atoms with E-state index < -0.39 is 5.97 Å². The molecule has 4 heteroatoms. The fraction of sp³-hybridized carbons (Fsp3) is 0.389. The third kappa shape index (κ3) is 3.32. The first-order chi connectivity index (χ1) is 10.4. The first-order valence-electron chi connectivity index (χ1n) is 7.39. The summed E-state index contributed by atoms with van der Waals surface area (Å²) in [4.78, 5) is 11.2. The highest BCUT2D eigenvalue weighted by Crippen LogP contribution is 2.36. The van der Waals surface area contributed by atoms with Crippen molar-refractivity contribution in [3.63, 3.8) is 0 Å². The van der Waals surface area contributed by atoms with E-state index in [1.807, 2.05) is 0 Å². The lowest BCUT2D eigenvalue weighted by molar-refractivity contribution is 0.0693. The first kappa shape index (κ1) is 16.1. The maximum atomic E-state index is 11.2. The van der Waals surface area contributed by atoms with Gasteiger partial charge in [0.1, 0.15) is 17.1 Å². The van der Waals surface area contributed by atoms with Crippen LogP contribution in [0.5, 0.6) is 11.5 Å². The van der Waals surface area contributed by atoms with Crippen molar-refractivity contribution in [2.45, 2.75) is 32.6 Å². The summed E-state index contributed by atoms with van der Waals surface area (Å²) in [6.07, 6.45) is 5.70. The van der Waals surface area contributed by atoms with Gasteiger partial charge in [0.05, 0.1) is 7.11 Å². The Morgan fingerprint density at radius 1 is 1.45 bits per heavy atom. The smallest absolute Gasteiger partial charge is 0.339 e. The second kappa shape index (κ2) is 6.69. The summed E-state index contributed by atoms with van der Waals surface area (Å²) in [6, 6.07) is 2.94. The van der Waals surface area contributed by atoms with Crippen LogP contribution in [0.25, 0.3) is 0 Å². The van der Waals surface area contributed by atoms with E-state index >= 15 is 0 Å². The molecule has 0 fully saturated rings. The molecular weight excluding hydrogens is 280 g/mol. The van der Waals surface area contributed by atoms with Crippen LogP contribution in [-0.4, -0.2) is 23.3 Å². The Morgan fingerprint density at radius 2 is 2.18 bits per heavy atom. The Hall–Kier alpha value is -2.23. The summed E-state index contributed by atoms with van der Waals surface area (Å²) in [5.74, 6) is -0.522. The van der Waals surface area contributed by atoms with Gasteiger partial charge in [0.2, 0.25) is 0 Å². The number of rotatable bonds is 5. The van der Waals surface area contributed by atoms with Crippen molar-refractivity contribution >= 4 is 5.97 Å². The number of hydrogen-bond acceptors (Lipinski definition) is 3. The average Bonchev–Trinajstić information content (AvgIpc) is 2.49. The first-order valence-corrected chi connectivity index (χ1v) is 7.39. The van der Waals surface area contributed by atoms with Crippen LogP contribution in [0.1, 0.15) is 42.1 Å². The molecule has 0 aromatic heterocycles. The van der Waals surface area contributed by atoms with Crippen molar-refractivity contribution in [1.29, 1.82) is 0 Å². The van der Waals surface area contributed by atoms with Gasteiger partial charge in [-0.2, -0.15) is 0 Å². The highest BCUT2D eigenvalue weighted by Gasteiger charge is 2.22. The summed E-state index contributed by atoms with van der Waals surface area (Å²) < 4.78 is 5.26. The zero-order valence-corrected chi connectivity index (χ0v) is 13.1. The number of aromatic hydroxyl groups is 1. The van der Waals surface area contributed by atoms with Crippen molar-refractivity contribution < 1.29 is 19.7 Å². The number of carboxylic acid groups (broad SMARTS) is 1. The lowest BCUT2D eigenvalue weighted by atomic mass is 9.82. The van der Waals surface area contributed by atoms with Crippen LogP contribution < -0.4 is 4.74 Å². The second-order valence-corrected chi connectivity index (χ2v) is 5.80. The molecule has 1 aromatic carbocycles. The van der Waals surface area contributed by atoms with E-state index in [1.165, 1.54) is 18.7 Å². The Bertz CT molecular complexity index is 628. The fourth-order valence-electron chi connectivity index (χ4n) is 2.86. The quantitative estimate of drug-likeness (QED) is 0.808. The van der Waals surface area contributed by atoms with E-state index in [2.05, 4.69) is 19.6 Å². The molecule has 0 radical (unpaired) electrons. The molecule has 1 aliphatic rings. The minimum absolute atomic E-state index is 0.108. The van der Waals surface area contributed by atoms with Crippen molar-refractivity contribution in [2.24, 2.45) is 5.92 Å². The van der Waals surface area contributed by atoms with E-state index in [4.69, 9.17) is 9.84 Å². The van der Waals surface area contributed by atoms with Gasteiger partial charge in [0.25, 0.3) is 0 Å². The minimum Gasteiger partial charge on any atom is -0.507 e. The number of carboxylic acids is 1. The number of methoxy groups -OCH3 is 1. The average molecular weight is 302 g/mol. The third-order valence-electron chi connectivity index (χ3n) is 4.31. The molecule has 22 heavy (non-hydrogen) atoms. The number of aromatic carboxylic acids is 1. The molecule has 0 unspecified atom stereocenters. The molecule has 1 aromatic rings. The number of benzene rings is 1. The molecule has 0 amide bonds. The van der Waals surface area contributed by atoms with Crippen LogP contribution in [0.2, 0.25) is 0 Å². The van der Waals surface area contributed by atoms with Gasteiger partial charge >= 0.3 is 5.97 Å². The molecule has 1 aliphatic carbocycles. The highest BCUT2D eigenvalue weighted by atomic mass is 16.5. The van der Waals surface area contributed by atoms with Crippen LogP contribution in [0.4, 0.5) is 0 Å². The van der Waals surface area contributed by atoms with Crippen molar-refractivity contribution in [1.82, 2.24) is 0 Å². The van der Waals surface area contributed by atoms with Crippen LogP contribution in [-0.2, 0) is 6.42 Å². The van der Waals surface area contributed by atoms with Crippen molar-refractivity contribution in [3.05, 3.63) is 47.1 Å². The number of ether oxygens (including phenoxy) is 1. The zero-order valence-electron chi connectivity index (χ0n) is 13.1. The number of allylic oxidation sites excluding steroid dienone is 3. The number of carbonyl (C=O) groups is 1. The molecular formula is C18H22O4. The Labute approximate surface area is 130 Å². The van der Waals surface area contributed by atoms with Gasteiger partial charge in [-0.1, -0.05) is 23.8 Å². The molecule has 0 saturated heterocycles. The normalized spacial score (nSPS) is 17.7. The van der Waals surface area contributed by atoms with Gasteiger partial charge in [0.15, 0.2) is 0 Å². The summed E-state index contributed by atoms with van der Waals surface area (Å²) in [7, 11) is 1.51. The summed E-state index contributed by atoms with van der Waals surface area (Å²) in [6.45, 7) is 6.28. The molecule has 118 valence electrons. The van der Waals surface area contributed by atoms with Crippen LogP contribution >= 0.6 is 0 Å². The largest absolute Gasteiger partial charge is 0.507 e. The standard InChI is InChI=1S/C18H22O4/c1-11-4-6-13(7-5-11)12(2)10-15-16(22-3)9-8-14(17(15)19)18(20)21/h4,8-9,13,19H,2,5-7,10H2,1,3H3,(H,20,21)/t13-/m1/s1. The molecule has 2 rings (SSSR count). The molecule has 0 saturated carbocycles. The predicted molar refractivity (Wildman–Crippen MR) is 85.6 cm³/mol. The Morgan fingerprint density at radius 3 is 2.73 bits per heavy atom. The molecule has 0 aliphatic heterocycles. The molecule has 0 heterocycles. The van der Waals surface area contributed by atoms with Gasteiger partial charge < -0.3 is 14.9 Å². The number of phenols is 1. The Kier molecular flexibility index (Phi) is 4.91. The maximum Gasteiger partial charge on any atom is 0.339 e. The molecule has 0 spiro atoms. The molecule has 2 N–H and O–H groups in total. The van der Waals surface area contributed by atoms with Gasteiger partial charge in [-0.15, -0.1) is 0 Å². The highest BCUT2D eigenvalue weighted by molar-refractivity contribution is 5.91. The lowest BCUT2D eigenvalue weighted by Crippen LogP contribution is -2.10. The fourth-order valence-corrected chi connectivity index (χ4v) is 2.86. The van der Waals surface area contributed by atoms with E-state index in [1.54, 1.807) is 6.07 Å². The summed E-state index contributed by atoms with van der Waals surface area (Å²) >= 11 is 0. The van der Waals surface area contributed by atoms with Gasteiger partial charge in [-0.05, 0) is 44.2 Å². The SMILES string of the molecule is C=C(Cc1c(OC)ccc(C(=O)O)c1O)[C@@H]1CC=C(C)CC1. The molecule has 0 bridgehead atoms. The van der Waals surface area contributed by atoms with E-state index in [-0.39, 0.29) is 11.3 Å². The van der Waals surface area contributed by atoms with Gasteiger partial charge in [-0.3, -0.25) is 0 Å². The Balaban J connectivity index is 2.26. The number of hydrogen-bond donors (Lipinski definition) is 2. The topological polar surface area (TPSA) is 66.8 Å². The van der Waals surface area contributed by atoms with Crippen molar-refractivity contribution in [3.8, 4) is 11.5 Å². The van der Waals surface area contributed by atoms with Crippen LogP contribution in [0.15, 0.2) is 35.9 Å². The summed E-state index contributed by atoms with van der Waals surface area (Å²) in [5, 5.41) is 19.4. The van der Waals surface area contributed by atoms with Crippen LogP contribution in [0.3, 0.4) is 0 Å². The molecule has 1 atom stereocenters. The van der Waals surface area contributed by atoms with E-state index in [0.29, 0.717) is 23.7 Å². The summed E-state index contributed by atoms with van der Waals surface area (Å²) in [5.41, 5.74) is 2.79. The van der Waals surface area contributed by atoms with Gasteiger partial charge in [0, 0.05) is 12.0 Å². The van der Waals surface area contributed by atoms with Crippen molar-refractivity contribution in [2.75, 3.05) is 7.11 Å². The monoisotopic (exact) mass is 302 g/mol. The van der Waals surface area contributed by atoms with E-state index in [0.717, 1.165) is 24.8 Å². The predicted octanol–water partition coefficient (Wildman–Crippen LogP) is 3.94. The third-order valence-corrected chi connectivity index (χ3v) is 4.31. The van der Waals surface area contributed by atoms with Crippen LogP contribution in [0, 0.1) is 5.92 Å². The second-order valence-electron chi connectivity index (χ2n) is 5.80. The molecule has 4 nitrogen and oxygen atoms in total. The van der Waals surface area contributed by atoms with E-state index in [9.17, 15) is 9.90 Å². The lowest BCUT2D eigenvalue weighted by Gasteiger charge is -2.23. The zero-order chi connectivity index (χ0) is 16.3.